The van der Waals surface area contributed by atoms with Gasteiger partial charge in [0.1, 0.15) is 17.2 Å². The second kappa shape index (κ2) is 11.9. The first-order valence-corrected chi connectivity index (χ1v) is 12.6. The number of phenols is 1. The molecule has 196 valence electrons. The summed E-state index contributed by atoms with van der Waals surface area (Å²) in [7, 11) is 3.32. The SMILES string of the molecule is CCN(CC)C(=O)c1ccc(N2CCN(Cc3c(OC)cc(-c4cccc(O)c4)cc3OC)CC2)nn1. The summed E-state index contributed by atoms with van der Waals surface area (Å²) in [6.45, 7) is 9.15. The van der Waals surface area contributed by atoms with E-state index >= 15 is 0 Å². The van der Waals surface area contributed by atoms with Gasteiger partial charge in [0, 0.05) is 45.8 Å². The van der Waals surface area contributed by atoms with Crippen molar-refractivity contribution >= 4 is 11.7 Å². The molecule has 0 aliphatic carbocycles. The number of carbonyl (C=O) groups excluding carboxylic acids is 1. The van der Waals surface area contributed by atoms with Crippen molar-refractivity contribution in [1.82, 2.24) is 20.0 Å². The van der Waals surface area contributed by atoms with Crippen LogP contribution in [0.3, 0.4) is 0 Å². The van der Waals surface area contributed by atoms with E-state index in [1.165, 1.54) is 0 Å². The second-order valence-electron chi connectivity index (χ2n) is 8.93. The fourth-order valence-electron chi connectivity index (χ4n) is 4.63. The van der Waals surface area contributed by atoms with Gasteiger partial charge in [-0.15, -0.1) is 10.2 Å². The Morgan fingerprint density at radius 1 is 0.919 bits per heavy atom. The fraction of sp³-hybridized carbons (Fsp3) is 0.393. The van der Waals surface area contributed by atoms with Crippen molar-refractivity contribution in [2.45, 2.75) is 20.4 Å². The number of piperazine rings is 1. The molecule has 0 radical (unpaired) electrons. The van der Waals surface area contributed by atoms with Gasteiger partial charge in [0.2, 0.25) is 0 Å². The molecular formula is C28H35N5O4. The molecule has 9 nitrogen and oxygen atoms in total. The van der Waals surface area contributed by atoms with Gasteiger partial charge in [-0.1, -0.05) is 12.1 Å². The van der Waals surface area contributed by atoms with Crippen molar-refractivity contribution in [3.05, 3.63) is 59.8 Å². The Bertz CT molecular complexity index is 1180. The number of rotatable bonds is 9. The zero-order valence-electron chi connectivity index (χ0n) is 22.0. The lowest BCUT2D eigenvalue weighted by Gasteiger charge is -2.35. The minimum atomic E-state index is -0.0909. The van der Waals surface area contributed by atoms with Crippen LogP contribution < -0.4 is 14.4 Å². The first-order chi connectivity index (χ1) is 18.0. The fourth-order valence-corrected chi connectivity index (χ4v) is 4.63. The molecule has 1 N–H and O–H groups in total. The lowest BCUT2D eigenvalue weighted by Crippen LogP contribution is -2.46. The van der Waals surface area contributed by atoms with Gasteiger partial charge in [-0.05, 0) is 61.4 Å². The van der Waals surface area contributed by atoms with Gasteiger partial charge >= 0.3 is 0 Å². The van der Waals surface area contributed by atoms with E-state index in [1.807, 2.05) is 44.2 Å². The topological polar surface area (TPSA) is 91.3 Å². The number of benzene rings is 2. The number of ether oxygens (including phenoxy) is 2. The summed E-state index contributed by atoms with van der Waals surface area (Å²) < 4.78 is 11.5. The molecule has 0 spiro atoms. The molecule has 4 rings (SSSR count). The normalized spacial score (nSPS) is 13.9. The molecule has 1 saturated heterocycles. The van der Waals surface area contributed by atoms with Crippen LogP contribution in [-0.4, -0.2) is 84.5 Å². The third-order valence-corrected chi connectivity index (χ3v) is 6.79. The maximum absolute atomic E-state index is 12.5. The summed E-state index contributed by atoms with van der Waals surface area (Å²) in [6.07, 6.45) is 0. The number of aromatic nitrogens is 2. The second-order valence-corrected chi connectivity index (χ2v) is 8.93. The van der Waals surface area contributed by atoms with E-state index in [0.717, 1.165) is 60.2 Å². The molecule has 9 heteroatoms. The Balaban J connectivity index is 1.43. The van der Waals surface area contributed by atoms with Crippen molar-refractivity contribution in [3.8, 4) is 28.4 Å². The third-order valence-electron chi connectivity index (χ3n) is 6.79. The quantitative estimate of drug-likeness (QED) is 0.471. The van der Waals surface area contributed by atoms with Crippen LogP contribution >= 0.6 is 0 Å². The largest absolute Gasteiger partial charge is 0.508 e. The number of methoxy groups -OCH3 is 2. The molecule has 2 aromatic carbocycles. The van der Waals surface area contributed by atoms with Crippen molar-refractivity contribution in [3.63, 3.8) is 0 Å². The molecule has 3 aromatic rings. The Labute approximate surface area is 218 Å². The zero-order chi connectivity index (χ0) is 26.4. The molecule has 2 heterocycles. The van der Waals surface area contributed by atoms with Crippen molar-refractivity contribution in [1.29, 1.82) is 0 Å². The number of aromatic hydroxyl groups is 1. The number of carbonyl (C=O) groups is 1. The highest BCUT2D eigenvalue weighted by Crippen LogP contribution is 2.37. The van der Waals surface area contributed by atoms with E-state index in [9.17, 15) is 9.90 Å². The zero-order valence-corrected chi connectivity index (χ0v) is 22.0. The van der Waals surface area contributed by atoms with E-state index in [2.05, 4.69) is 20.0 Å². The molecule has 0 saturated carbocycles. The van der Waals surface area contributed by atoms with Crippen LogP contribution in [0.2, 0.25) is 0 Å². The van der Waals surface area contributed by atoms with Gasteiger partial charge in [0.15, 0.2) is 11.5 Å². The highest BCUT2D eigenvalue weighted by atomic mass is 16.5. The predicted octanol–water partition coefficient (Wildman–Crippen LogP) is 3.67. The average molecular weight is 506 g/mol. The molecule has 1 aliphatic heterocycles. The van der Waals surface area contributed by atoms with E-state index in [4.69, 9.17) is 9.47 Å². The van der Waals surface area contributed by atoms with Gasteiger partial charge in [0.05, 0.1) is 19.8 Å². The Morgan fingerprint density at radius 3 is 2.14 bits per heavy atom. The highest BCUT2D eigenvalue weighted by molar-refractivity contribution is 5.92. The average Bonchev–Trinajstić information content (AvgIpc) is 2.94. The number of amides is 1. The maximum Gasteiger partial charge on any atom is 0.274 e. The Hall–Kier alpha value is -3.85. The first kappa shape index (κ1) is 26.2. The van der Waals surface area contributed by atoms with E-state index < -0.39 is 0 Å². The summed E-state index contributed by atoms with van der Waals surface area (Å²) in [4.78, 5) is 18.8. The van der Waals surface area contributed by atoms with Crippen molar-refractivity contribution in [2.24, 2.45) is 0 Å². The molecule has 0 unspecified atom stereocenters. The number of phenolic OH excluding ortho intramolecular Hbond substituents is 1. The maximum atomic E-state index is 12.5. The predicted molar refractivity (Wildman–Crippen MR) is 143 cm³/mol. The number of nitrogens with zero attached hydrogens (tertiary/aromatic N) is 5. The molecule has 1 fully saturated rings. The first-order valence-electron chi connectivity index (χ1n) is 12.6. The lowest BCUT2D eigenvalue weighted by molar-refractivity contribution is 0.0766. The molecule has 1 aromatic heterocycles. The van der Waals surface area contributed by atoms with E-state index in [1.54, 1.807) is 37.3 Å². The molecular weight excluding hydrogens is 470 g/mol. The van der Waals surface area contributed by atoms with Crippen molar-refractivity contribution in [2.75, 3.05) is 58.4 Å². The van der Waals surface area contributed by atoms with Crippen molar-refractivity contribution < 1.29 is 19.4 Å². The number of anilines is 1. The summed E-state index contributed by atoms with van der Waals surface area (Å²) in [5.74, 6) is 2.40. The van der Waals surface area contributed by atoms with Crippen LogP contribution in [0, 0.1) is 0 Å². The van der Waals surface area contributed by atoms with Gasteiger partial charge in [-0.25, -0.2) is 0 Å². The summed E-state index contributed by atoms with van der Waals surface area (Å²) in [6, 6.07) is 14.8. The molecule has 1 aliphatic rings. The molecule has 0 atom stereocenters. The van der Waals surface area contributed by atoms with Crippen LogP contribution in [0.15, 0.2) is 48.5 Å². The van der Waals surface area contributed by atoms with Gasteiger partial charge in [-0.2, -0.15) is 0 Å². The standard InChI is InChI=1S/C28H35N5O4/c1-5-32(6-2)28(35)24-10-11-27(30-29-24)33-14-12-31(13-15-33)19-23-25(36-3)17-21(18-26(23)37-4)20-8-7-9-22(34)16-20/h7-11,16-18,34H,5-6,12-15,19H2,1-4H3. The van der Waals surface area contributed by atoms with Crippen LogP contribution in [0.1, 0.15) is 29.9 Å². The smallest absolute Gasteiger partial charge is 0.274 e. The van der Waals surface area contributed by atoms with E-state index in [-0.39, 0.29) is 11.7 Å². The third kappa shape index (κ3) is 5.94. The summed E-state index contributed by atoms with van der Waals surface area (Å²) in [5, 5.41) is 18.4. The summed E-state index contributed by atoms with van der Waals surface area (Å²) >= 11 is 0. The van der Waals surface area contributed by atoms with Crippen LogP contribution in [0.25, 0.3) is 11.1 Å². The monoisotopic (exact) mass is 505 g/mol. The van der Waals surface area contributed by atoms with Gasteiger partial charge in [0.25, 0.3) is 5.91 Å². The molecule has 0 bridgehead atoms. The number of hydrogen-bond acceptors (Lipinski definition) is 8. The van der Waals surface area contributed by atoms with Crippen LogP contribution in [0.5, 0.6) is 17.2 Å². The molecule has 37 heavy (non-hydrogen) atoms. The Morgan fingerprint density at radius 2 is 1.59 bits per heavy atom. The Kier molecular flexibility index (Phi) is 8.45. The highest BCUT2D eigenvalue weighted by Gasteiger charge is 2.23. The van der Waals surface area contributed by atoms with Gasteiger partial charge < -0.3 is 24.4 Å². The van der Waals surface area contributed by atoms with Crippen LogP contribution in [-0.2, 0) is 6.54 Å². The lowest BCUT2D eigenvalue weighted by atomic mass is 10.0. The van der Waals surface area contributed by atoms with Crippen LogP contribution in [0.4, 0.5) is 5.82 Å². The minimum absolute atomic E-state index is 0.0909. The minimum Gasteiger partial charge on any atom is -0.508 e. The van der Waals surface area contributed by atoms with Gasteiger partial charge in [-0.3, -0.25) is 9.69 Å². The molecule has 1 amide bonds. The summed E-state index contributed by atoms with van der Waals surface area (Å²) in [5.41, 5.74) is 3.17. The van der Waals surface area contributed by atoms with E-state index in [0.29, 0.717) is 25.3 Å². The number of hydrogen-bond donors (Lipinski definition) is 1.